The monoisotopic (exact) mass is 369 g/mol. The van der Waals surface area contributed by atoms with Crippen LogP contribution in [0.5, 0.6) is 0 Å². The first-order valence-electron chi connectivity index (χ1n) is 8.53. The number of nitrogens with one attached hydrogen (secondary N) is 2. The standard InChI is InChI=1S/C20H23N3O4/c1-14-6-5-9-16(10-14)11-17(19(21)25)23-18(24)12-22-20(26)27-13-15-7-3-2-4-8-15/h2-10,17H,11-13H2,1H3,(H2,21,25)(H,22,26)(H,23,24)/t17-/m1/s1. The summed E-state index contributed by atoms with van der Waals surface area (Å²) in [6.07, 6.45) is -0.440. The highest BCUT2D eigenvalue weighted by atomic mass is 16.5. The molecule has 0 saturated heterocycles. The van der Waals surface area contributed by atoms with Crippen LogP contribution in [0.1, 0.15) is 16.7 Å². The van der Waals surface area contributed by atoms with Crippen LogP contribution in [0.3, 0.4) is 0 Å². The number of hydrogen-bond donors (Lipinski definition) is 3. The van der Waals surface area contributed by atoms with Crippen LogP contribution in [0.15, 0.2) is 54.6 Å². The Bertz CT molecular complexity index is 793. The fourth-order valence-electron chi connectivity index (χ4n) is 2.47. The number of primary amides is 1. The molecule has 7 nitrogen and oxygen atoms in total. The molecule has 1 atom stereocenters. The van der Waals surface area contributed by atoms with E-state index in [1.54, 1.807) is 0 Å². The van der Waals surface area contributed by atoms with E-state index in [0.29, 0.717) is 0 Å². The first-order valence-corrected chi connectivity index (χ1v) is 8.53. The quantitative estimate of drug-likeness (QED) is 0.654. The Kier molecular flexibility index (Phi) is 7.37. The van der Waals surface area contributed by atoms with E-state index in [4.69, 9.17) is 10.5 Å². The van der Waals surface area contributed by atoms with Gasteiger partial charge in [0, 0.05) is 6.42 Å². The van der Waals surface area contributed by atoms with Crippen LogP contribution >= 0.6 is 0 Å². The average molecular weight is 369 g/mol. The third-order valence-corrected chi connectivity index (χ3v) is 3.81. The lowest BCUT2D eigenvalue weighted by Gasteiger charge is -2.16. The van der Waals surface area contributed by atoms with Gasteiger partial charge >= 0.3 is 6.09 Å². The molecule has 0 aromatic heterocycles. The van der Waals surface area contributed by atoms with E-state index in [-0.39, 0.29) is 19.6 Å². The second-order valence-electron chi connectivity index (χ2n) is 6.13. The zero-order valence-electron chi connectivity index (χ0n) is 15.1. The second-order valence-corrected chi connectivity index (χ2v) is 6.13. The zero-order chi connectivity index (χ0) is 19.6. The van der Waals surface area contributed by atoms with Gasteiger partial charge in [-0.05, 0) is 18.1 Å². The number of aryl methyl sites for hydroxylation is 1. The SMILES string of the molecule is Cc1cccc(C[C@@H](NC(=O)CNC(=O)OCc2ccccc2)C(N)=O)c1. The summed E-state index contributed by atoms with van der Waals surface area (Å²) in [4.78, 5) is 35.3. The molecular weight excluding hydrogens is 346 g/mol. The maximum atomic E-state index is 12.0. The molecule has 0 aliphatic carbocycles. The van der Waals surface area contributed by atoms with Gasteiger partial charge in [0.15, 0.2) is 0 Å². The fourth-order valence-corrected chi connectivity index (χ4v) is 2.47. The summed E-state index contributed by atoms with van der Waals surface area (Å²) in [6, 6.07) is 15.9. The maximum Gasteiger partial charge on any atom is 0.407 e. The minimum absolute atomic E-state index is 0.103. The van der Waals surface area contributed by atoms with Gasteiger partial charge in [0.25, 0.3) is 0 Å². The molecule has 3 amide bonds. The van der Waals surface area contributed by atoms with E-state index >= 15 is 0 Å². The Hall–Kier alpha value is -3.35. The predicted octanol–water partition coefficient (Wildman–Crippen LogP) is 1.43. The van der Waals surface area contributed by atoms with E-state index in [2.05, 4.69) is 10.6 Å². The minimum Gasteiger partial charge on any atom is -0.445 e. The van der Waals surface area contributed by atoms with E-state index in [0.717, 1.165) is 16.7 Å². The Balaban J connectivity index is 1.78. The minimum atomic E-state index is -0.860. The Morgan fingerprint density at radius 2 is 1.74 bits per heavy atom. The average Bonchev–Trinajstić information content (AvgIpc) is 2.65. The van der Waals surface area contributed by atoms with Gasteiger partial charge in [0.05, 0.1) is 0 Å². The number of ether oxygens (including phenoxy) is 1. The summed E-state index contributed by atoms with van der Waals surface area (Å²) in [5.41, 5.74) is 8.14. The predicted molar refractivity (Wildman–Crippen MR) is 101 cm³/mol. The second kappa shape index (κ2) is 9.96. The van der Waals surface area contributed by atoms with Crippen LogP contribution in [0.25, 0.3) is 0 Å². The third-order valence-electron chi connectivity index (χ3n) is 3.81. The Morgan fingerprint density at radius 3 is 2.41 bits per heavy atom. The number of amides is 3. The van der Waals surface area contributed by atoms with Crippen LogP contribution in [-0.4, -0.2) is 30.5 Å². The molecule has 2 aromatic rings. The van der Waals surface area contributed by atoms with Crippen LogP contribution in [-0.2, 0) is 27.4 Å². The summed E-state index contributed by atoms with van der Waals surface area (Å²) in [6.45, 7) is 1.73. The molecule has 0 aliphatic heterocycles. The largest absolute Gasteiger partial charge is 0.445 e. The number of alkyl carbamates (subject to hydrolysis) is 1. The summed E-state index contributed by atoms with van der Waals surface area (Å²) in [7, 11) is 0. The highest BCUT2D eigenvalue weighted by Crippen LogP contribution is 2.07. The molecule has 0 saturated carbocycles. The number of benzene rings is 2. The lowest BCUT2D eigenvalue weighted by atomic mass is 10.0. The van der Waals surface area contributed by atoms with E-state index < -0.39 is 23.9 Å². The van der Waals surface area contributed by atoms with E-state index in [1.165, 1.54) is 0 Å². The number of rotatable bonds is 8. The molecule has 0 heterocycles. The van der Waals surface area contributed by atoms with Crippen molar-refractivity contribution in [1.29, 1.82) is 0 Å². The molecule has 27 heavy (non-hydrogen) atoms. The number of hydrogen-bond acceptors (Lipinski definition) is 4. The van der Waals surface area contributed by atoms with Crippen LogP contribution < -0.4 is 16.4 Å². The first-order chi connectivity index (χ1) is 12.9. The van der Waals surface area contributed by atoms with Crippen molar-refractivity contribution in [3.05, 3.63) is 71.3 Å². The zero-order valence-corrected chi connectivity index (χ0v) is 15.1. The van der Waals surface area contributed by atoms with Crippen molar-refractivity contribution >= 4 is 17.9 Å². The van der Waals surface area contributed by atoms with Gasteiger partial charge in [0.1, 0.15) is 19.2 Å². The van der Waals surface area contributed by atoms with Crippen molar-refractivity contribution < 1.29 is 19.1 Å². The molecule has 0 spiro atoms. The summed E-state index contributed by atoms with van der Waals surface area (Å²) in [5, 5.41) is 4.87. The van der Waals surface area contributed by atoms with Gasteiger partial charge < -0.3 is 21.1 Å². The van der Waals surface area contributed by atoms with Gasteiger partial charge in [-0.2, -0.15) is 0 Å². The summed E-state index contributed by atoms with van der Waals surface area (Å²) in [5.74, 6) is -1.17. The van der Waals surface area contributed by atoms with Gasteiger partial charge in [0.2, 0.25) is 11.8 Å². The van der Waals surface area contributed by atoms with Crippen LogP contribution in [0.2, 0.25) is 0 Å². The fraction of sp³-hybridized carbons (Fsp3) is 0.250. The van der Waals surface area contributed by atoms with Gasteiger partial charge in [-0.25, -0.2) is 4.79 Å². The molecule has 0 unspecified atom stereocenters. The molecular formula is C20H23N3O4. The molecule has 0 bridgehead atoms. The summed E-state index contributed by atoms with van der Waals surface area (Å²) >= 11 is 0. The lowest BCUT2D eigenvalue weighted by Crippen LogP contribution is -2.49. The van der Waals surface area contributed by atoms with Crippen molar-refractivity contribution in [3.63, 3.8) is 0 Å². The molecule has 0 fully saturated rings. The Morgan fingerprint density at radius 1 is 1.04 bits per heavy atom. The van der Waals surface area contributed by atoms with Gasteiger partial charge in [-0.15, -0.1) is 0 Å². The number of nitrogens with two attached hydrogens (primary N) is 1. The lowest BCUT2D eigenvalue weighted by molar-refractivity contribution is -0.126. The topological polar surface area (TPSA) is 111 Å². The number of carbonyl (C=O) groups excluding carboxylic acids is 3. The summed E-state index contributed by atoms with van der Waals surface area (Å²) < 4.78 is 5.02. The number of carbonyl (C=O) groups is 3. The smallest absolute Gasteiger partial charge is 0.407 e. The molecule has 2 rings (SSSR count). The normalized spacial score (nSPS) is 11.3. The molecule has 0 radical (unpaired) electrons. The van der Waals surface area contributed by atoms with Crippen molar-refractivity contribution in [1.82, 2.24) is 10.6 Å². The van der Waals surface area contributed by atoms with Crippen molar-refractivity contribution in [2.45, 2.75) is 26.0 Å². The Labute approximate surface area is 157 Å². The maximum absolute atomic E-state index is 12.0. The van der Waals surface area contributed by atoms with Crippen molar-refractivity contribution in [2.75, 3.05) is 6.54 Å². The molecule has 7 heteroatoms. The highest BCUT2D eigenvalue weighted by molar-refractivity contribution is 5.88. The molecule has 2 aromatic carbocycles. The van der Waals surface area contributed by atoms with Crippen molar-refractivity contribution in [3.8, 4) is 0 Å². The van der Waals surface area contributed by atoms with Gasteiger partial charge in [-0.3, -0.25) is 9.59 Å². The van der Waals surface area contributed by atoms with E-state index in [9.17, 15) is 14.4 Å². The molecule has 142 valence electrons. The van der Waals surface area contributed by atoms with Crippen LogP contribution in [0, 0.1) is 6.92 Å². The van der Waals surface area contributed by atoms with Crippen molar-refractivity contribution in [2.24, 2.45) is 5.73 Å². The van der Waals surface area contributed by atoms with Gasteiger partial charge in [-0.1, -0.05) is 60.2 Å². The third kappa shape index (κ3) is 7.19. The first kappa shape index (κ1) is 20.0. The van der Waals surface area contributed by atoms with Crippen LogP contribution in [0.4, 0.5) is 4.79 Å². The molecule has 4 N–H and O–H groups in total. The van der Waals surface area contributed by atoms with E-state index in [1.807, 2.05) is 61.5 Å². The molecule has 0 aliphatic rings. The highest BCUT2D eigenvalue weighted by Gasteiger charge is 2.19.